The van der Waals surface area contributed by atoms with Crippen molar-refractivity contribution in [2.24, 2.45) is 0 Å². The average Bonchev–Trinajstić information content (AvgIpc) is 3.48. The SMILES string of the molecule is CCCCCCCCCCCCCC(=O)Nc1ccc(-c2cc(=O)oc3cc(O[C@H](C)C(=O)NCCCCCCCCC[P+](c4ccc(C(F)(F)F)cc4)(c4ccc(C(F)(F)F)cc4)c4ccc(C(F)(F)F)cc4)ccc23)c(Cl)c1. The highest BCUT2D eigenvalue weighted by Crippen LogP contribution is 2.57. The Morgan fingerprint density at radius 2 is 1.02 bits per heavy atom. The van der Waals surface area contributed by atoms with Gasteiger partial charge in [0.25, 0.3) is 5.91 Å². The summed E-state index contributed by atoms with van der Waals surface area (Å²) in [7, 11) is -3.11. The zero-order valence-electron chi connectivity index (χ0n) is 45.2. The summed E-state index contributed by atoms with van der Waals surface area (Å²) in [6.45, 7) is 4.18. The first-order valence-electron chi connectivity index (χ1n) is 27.6. The predicted octanol–water partition coefficient (Wildman–Crippen LogP) is 17.4. The van der Waals surface area contributed by atoms with Gasteiger partial charge in [-0.1, -0.05) is 114 Å². The maximum atomic E-state index is 13.7. The van der Waals surface area contributed by atoms with Crippen LogP contribution in [-0.2, 0) is 28.1 Å². The minimum absolute atomic E-state index is 0.0899. The van der Waals surface area contributed by atoms with Crippen LogP contribution in [0.5, 0.6) is 5.75 Å². The Labute approximate surface area is 467 Å². The molecular formula is C62H70ClF9N2O5P+. The zero-order chi connectivity index (χ0) is 57.9. The van der Waals surface area contributed by atoms with Gasteiger partial charge >= 0.3 is 24.2 Å². The van der Waals surface area contributed by atoms with Crippen LogP contribution in [0.25, 0.3) is 22.1 Å². The van der Waals surface area contributed by atoms with Crippen molar-refractivity contribution in [3.8, 4) is 16.9 Å². The molecule has 0 radical (unpaired) electrons. The highest BCUT2D eigenvalue weighted by molar-refractivity contribution is 7.95. The Hall–Kier alpha value is -5.86. The number of benzene rings is 5. The molecule has 0 unspecified atom stereocenters. The van der Waals surface area contributed by atoms with Gasteiger partial charge in [-0.15, -0.1) is 0 Å². The predicted molar refractivity (Wildman–Crippen MR) is 303 cm³/mol. The van der Waals surface area contributed by atoms with E-state index in [0.717, 1.165) is 81.3 Å². The molecule has 1 heterocycles. The number of anilines is 1. The highest BCUT2D eigenvalue weighted by Gasteiger charge is 2.46. The number of nitrogens with one attached hydrogen (secondary N) is 2. The van der Waals surface area contributed by atoms with Crippen molar-refractivity contribution in [3.05, 3.63) is 147 Å². The number of halogens is 10. The molecule has 5 aromatic carbocycles. The fourth-order valence-electron chi connectivity index (χ4n) is 9.94. The summed E-state index contributed by atoms with van der Waals surface area (Å²) in [4.78, 5) is 38.6. The quantitative estimate of drug-likeness (QED) is 0.0203. The highest BCUT2D eigenvalue weighted by atomic mass is 35.5. The average molecular weight is 1160 g/mol. The van der Waals surface area contributed by atoms with Gasteiger partial charge < -0.3 is 19.8 Å². The van der Waals surface area contributed by atoms with E-state index in [1.807, 2.05) is 0 Å². The number of amides is 2. The number of carbonyl (C=O) groups is 2. The minimum atomic E-state index is -4.67. The number of hydrogen-bond acceptors (Lipinski definition) is 5. The first-order valence-corrected chi connectivity index (χ1v) is 30.0. The van der Waals surface area contributed by atoms with Gasteiger partial charge in [0.15, 0.2) is 6.10 Å². The molecule has 80 heavy (non-hydrogen) atoms. The Balaban J connectivity index is 0.964. The van der Waals surface area contributed by atoms with Crippen LogP contribution in [-0.4, -0.2) is 30.6 Å². The number of carbonyl (C=O) groups excluding carboxylic acids is 2. The summed E-state index contributed by atoms with van der Waals surface area (Å²) >= 11 is 6.74. The molecule has 0 fully saturated rings. The Morgan fingerprint density at radius 3 is 1.50 bits per heavy atom. The van der Waals surface area contributed by atoms with Crippen LogP contribution >= 0.6 is 18.9 Å². The van der Waals surface area contributed by atoms with Crippen LogP contribution in [0.15, 0.2) is 124 Å². The number of rotatable bonds is 30. The van der Waals surface area contributed by atoms with E-state index in [-0.39, 0.29) is 23.6 Å². The van der Waals surface area contributed by atoms with Crippen LogP contribution < -0.4 is 36.9 Å². The van der Waals surface area contributed by atoms with E-state index in [9.17, 15) is 53.9 Å². The second-order valence-electron chi connectivity index (χ2n) is 20.4. The minimum Gasteiger partial charge on any atom is -0.481 e. The first-order chi connectivity index (χ1) is 38.1. The second kappa shape index (κ2) is 29.7. The van der Waals surface area contributed by atoms with Crippen molar-refractivity contribution >= 4 is 63.2 Å². The van der Waals surface area contributed by atoms with E-state index < -0.39 is 54.2 Å². The summed E-state index contributed by atoms with van der Waals surface area (Å²) in [6.07, 6.45) is 3.77. The number of unbranched alkanes of at least 4 members (excludes halogenated alkanes) is 16. The number of ether oxygens (including phenoxy) is 1. The molecule has 0 spiro atoms. The molecule has 6 aromatic rings. The summed E-state index contributed by atoms with van der Waals surface area (Å²) in [5, 5.41) is 7.88. The van der Waals surface area contributed by atoms with Gasteiger partial charge in [0.2, 0.25) is 5.91 Å². The van der Waals surface area contributed by atoms with E-state index in [0.29, 0.717) is 81.1 Å². The maximum Gasteiger partial charge on any atom is 0.416 e. The fourth-order valence-corrected chi connectivity index (χ4v) is 14.6. The van der Waals surface area contributed by atoms with Crippen LogP contribution in [0.2, 0.25) is 5.02 Å². The van der Waals surface area contributed by atoms with Gasteiger partial charge in [0.1, 0.15) is 34.5 Å². The van der Waals surface area contributed by atoms with Crippen LogP contribution in [0.4, 0.5) is 45.2 Å². The largest absolute Gasteiger partial charge is 0.481 e. The molecule has 0 bridgehead atoms. The van der Waals surface area contributed by atoms with E-state index in [1.165, 1.54) is 99.9 Å². The molecule has 0 aliphatic rings. The molecule has 0 saturated carbocycles. The van der Waals surface area contributed by atoms with Crippen molar-refractivity contribution < 1.29 is 58.3 Å². The lowest BCUT2D eigenvalue weighted by Crippen LogP contribution is -2.36. The Morgan fingerprint density at radius 1 is 0.562 bits per heavy atom. The van der Waals surface area contributed by atoms with Gasteiger partial charge in [0.05, 0.1) is 27.9 Å². The van der Waals surface area contributed by atoms with Crippen LogP contribution in [0.3, 0.4) is 0 Å². The van der Waals surface area contributed by atoms with E-state index in [4.69, 9.17) is 20.8 Å². The van der Waals surface area contributed by atoms with Gasteiger partial charge in [-0.25, -0.2) is 4.79 Å². The van der Waals surface area contributed by atoms with Crippen molar-refractivity contribution in [2.75, 3.05) is 18.0 Å². The Bertz CT molecular complexity index is 2840. The lowest BCUT2D eigenvalue weighted by atomic mass is 10.0. The third-order valence-corrected chi connectivity index (χ3v) is 19.2. The van der Waals surface area contributed by atoms with Gasteiger partial charge in [0, 0.05) is 47.3 Å². The smallest absolute Gasteiger partial charge is 0.416 e. The Kier molecular flexibility index (Phi) is 23.5. The molecule has 6 rings (SSSR count). The summed E-state index contributed by atoms with van der Waals surface area (Å²) in [6, 6.07) is 24.4. The second-order valence-corrected chi connectivity index (χ2v) is 24.4. The lowest BCUT2D eigenvalue weighted by molar-refractivity contribution is -0.138. The molecule has 1 aromatic heterocycles. The van der Waals surface area contributed by atoms with E-state index >= 15 is 0 Å². The summed E-state index contributed by atoms with van der Waals surface area (Å²) in [5.41, 5.74) is -1.58. The number of alkyl halides is 9. The van der Waals surface area contributed by atoms with Gasteiger partial charge in [-0.2, -0.15) is 39.5 Å². The number of fused-ring (bicyclic) bond motifs is 1. The molecular weight excluding hydrogens is 1090 g/mol. The van der Waals surface area contributed by atoms with Crippen molar-refractivity contribution in [2.45, 2.75) is 160 Å². The summed E-state index contributed by atoms with van der Waals surface area (Å²) in [5.74, 6) is -0.160. The monoisotopic (exact) mass is 1160 g/mol. The third-order valence-electron chi connectivity index (χ3n) is 14.3. The van der Waals surface area contributed by atoms with Crippen molar-refractivity contribution in [3.63, 3.8) is 0 Å². The third kappa shape index (κ3) is 18.3. The number of hydrogen-bond donors (Lipinski definition) is 2. The van der Waals surface area contributed by atoms with E-state index in [2.05, 4.69) is 17.6 Å². The van der Waals surface area contributed by atoms with Gasteiger partial charge in [-0.3, -0.25) is 9.59 Å². The molecule has 2 amide bonds. The lowest BCUT2D eigenvalue weighted by Gasteiger charge is -2.28. The fraction of sp³-hybridized carbons (Fsp3) is 0.435. The normalized spacial score (nSPS) is 12.7. The molecule has 432 valence electrons. The molecule has 18 heteroatoms. The first kappa shape index (κ1) is 63.3. The molecule has 0 saturated heterocycles. The summed E-state index contributed by atoms with van der Waals surface area (Å²) < 4.78 is 135. The van der Waals surface area contributed by atoms with Gasteiger partial charge in [-0.05, 0) is 130 Å². The molecule has 7 nitrogen and oxygen atoms in total. The maximum absolute atomic E-state index is 13.7. The standard InChI is InChI=1S/C62H69ClF9N2O5P/c1-3-4-5-6-7-8-9-10-12-15-18-21-57(75)74-47-28-36-52(55(63)40-47)54-42-58(76)79-56-41-48(29-37-53(54)56)78-43(2)59(77)73-38-19-16-13-11-14-17-20-39-80(49-30-22-44(23-31-49)60(64,65)66,50-32-24-45(25-33-50)61(67,68)69)51-34-26-46(27-35-51)62(70,71)72/h22-37,40-43H,3-21,38-39H2,1-2H3,(H-,73,74,75,76,77)/p+1/t43-/m1/s1. The van der Waals surface area contributed by atoms with Crippen LogP contribution in [0, 0.1) is 0 Å². The van der Waals surface area contributed by atoms with Crippen molar-refractivity contribution in [1.29, 1.82) is 0 Å². The molecule has 1 atom stereocenters. The molecule has 0 aliphatic carbocycles. The molecule has 0 aliphatic heterocycles. The molecule has 2 N–H and O–H groups in total. The topological polar surface area (TPSA) is 97.6 Å². The van der Waals surface area contributed by atoms with E-state index in [1.54, 1.807) is 37.3 Å². The van der Waals surface area contributed by atoms with Crippen LogP contribution in [0.1, 0.15) is 153 Å². The van der Waals surface area contributed by atoms with Crippen molar-refractivity contribution in [1.82, 2.24) is 5.32 Å². The zero-order valence-corrected chi connectivity index (χ0v) is 46.8.